The number of benzene rings is 2. The topological polar surface area (TPSA) is 58.6 Å². The van der Waals surface area contributed by atoms with Crippen molar-refractivity contribution < 1.29 is 14.3 Å². The molecule has 0 unspecified atom stereocenters. The van der Waals surface area contributed by atoms with E-state index in [9.17, 15) is 9.59 Å². The van der Waals surface area contributed by atoms with E-state index >= 15 is 0 Å². The summed E-state index contributed by atoms with van der Waals surface area (Å²) >= 11 is 6.77. The van der Waals surface area contributed by atoms with Gasteiger partial charge in [0.25, 0.3) is 11.8 Å². The fourth-order valence-corrected chi connectivity index (χ4v) is 3.86. The zero-order valence-corrected chi connectivity index (χ0v) is 19.2. The summed E-state index contributed by atoms with van der Waals surface area (Å²) in [5.74, 6) is 0.269. The van der Waals surface area contributed by atoms with E-state index in [1.807, 2.05) is 17.0 Å². The van der Waals surface area contributed by atoms with Gasteiger partial charge in [-0.2, -0.15) is 0 Å². The molecule has 150 valence electrons. The number of carbonyl (C=O) groups is 2. The molecule has 2 amide bonds. The van der Waals surface area contributed by atoms with E-state index in [1.165, 1.54) is 0 Å². The molecule has 0 saturated carbocycles. The van der Waals surface area contributed by atoms with Gasteiger partial charge in [0.05, 0.1) is 4.47 Å². The van der Waals surface area contributed by atoms with E-state index in [2.05, 4.69) is 51.0 Å². The van der Waals surface area contributed by atoms with Gasteiger partial charge in [0, 0.05) is 28.8 Å². The average molecular weight is 512 g/mol. The van der Waals surface area contributed by atoms with Crippen LogP contribution in [0.2, 0.25) is 0 Å². The molecule has 0 bridgehead atoms. The molecule has 0 aliphatic heterocycles. The lowest BCUT2D eigenvalue weighted by molar-refractivity contribution is -0.118. The molecule has 0 atom stereocenters. The Bertz CT molecular complexity index is 821. The Hall–Kier alpha value is -1.86. The van der Waals surface area contributed by atoms with Gasteiger partial charge in [-0.15, -0.1) is 0 Å². The molecule has 0 fully saturated rings. The number of hydrogen-bond acceptors (Lipinski definition) is 3. The highest BCUT2D eigenvalue weighted by Crippen LogP contribution is 2.28. The molecule has 0 saturated heterocycles. The van der Waals surface area contributed by atoms with Gasteiger partial charge < -0.3 is 15.0 Å². The van der Waals surface area contributed by atoms with Crippen LogP contribution in [0.25, 0.3) is 0 Å². The van der Waals surface area contributed by atoms with Gasteiger partial charge in [-0.25, -0.2) is 0 Å². The quantitative estimate of drug-likeness (QED) is 0.484. The lowest BCUT2D eigenvalue weighted by atomic mass is 10.1. The second-order valence-corrected chi connectivity index (χ2v) is 8.05. The summed E-state index contributed by atoms with van der Waals surface area (Å²) in [5.41, 5.74) is 1.14. The molecule has 0 aromatic heterocycles. The van der Waals surface area contributed by atoms with Crippen LogP contribution >= 0.6 is 31.9 Å². The third kappa shape index (κ3) is 6.63. The van der Waals surface area contributed by atoms with Crippen LogP contribution in [0.3, 0.4) is 0 Å². The highest BCUT2D eigenvalue weighted by Gasteiger charge is 2.15. The molecule has 0 aliphatic carbocycles. The minimum atomic E-state index is -0.293. The van der Waals surface area contributed by atoms with Crippen molar-refractivity contribution in [3.05, 3.63) is 57.0 Å². The molecule has 2 aromatic carbocycles. The maximum atomic E-state index is 12.7. The number of nitrogens with one attached hydrogen (secondary N) is 1. The zero-order valence-electron chi connectivity index (χ0n) is 16.0. The van der Waals surface area contributed by atoms with Crippen LogP contribution in [0.4, 0.5) is 5.69 Å². The Morgan fingerprint density at radius 3 is 2.39 bits per heavy atom. The van der Waals surface area contributed by atoms with Crippen molar-refractivity contribution in [2.75, 3.05) is 25.0 Å². The highest BCUT2D eigenvalue weighted by molar-refractivity contribution is 9.11. The second kappa shape index (κ2) is 11.2. The van der Waals surface area contributed by atoms with Gasteiger partial charge in [-0.05, 0) is 65.2 Å². The number of anilines is 1. The first kappa shape index (κ1) is 22.4. The monoisotopic (exact) mass is 510 g/mol. The summed E-state index contributed by atoms with van der Waals surface area (Å²) in [5, 5.41) is 2.78. The number of nitrogens with zero attached hydrogens (tertiary/aromatic N) is 1. The lowest BCUT2D eigenvalue weighted by Gasteiger charge is -2.21. The predicted octanol–water partition coefficient (Wildman–Crippen LogP) is 5.49. The zero-order chi connectivity index (χ0) is 20.5. The van der Waals surface area contributed by atoms with E-state index in [-0.39, 0.29) is 18.4 Å². The Kier molecular flexibility index (Phi) is 8.99. The van der Waals surface area contributed by atoms with Crippen molar-refractivity contribution in [1.29, 1.82) is 0 Å². The van der Waals surface area contributed by atoms with Crippen molar-refractivity contribution in [3.63, 3.8) is 0 Å². The maximum Gasteiger partial charge on any atom is 0.262 e. The average Bonchev–Trinajstić information content (AvgIpc) is 2.67. The van der Waals surface area contributed by atoms with Crippen molar-refractivity contribution in [1.82, 2.24) is 4.90 Å². The van der Waals surface area contributed by atoms with Gasteiger partial charge in [0.2, 0.25) is 0 Å². The maximum absolute atomic E-state index is 12.7. The van der Waals surface area contributed by atoms with E-state index < -0.39 is 0 Å². The van der Waals surface area contributed by atoms with Crippen LogP contribution in [-0.2, 0) is 4.79 Å². The minimum Gasteiger partial charge on any atom is -0.483 e. The van der Waals surface area contributed by atoms with Crippen molar-refractivity contribution >= 4 is 49.4 Å². The standard InChI is InChI=1S/C21H24Br2N2O3/c1-3-10-25(11-4-2)21(27)15-6-5-7-17(12-15)24-20(26)14-28-19-9-8-16(22)13-18(19)23/h5-9,12-13H,3-4,10-11,14H2,1-2H3,(H,24,26). The van der Waals surface area contributed by atoms with Gasteiger partial charge in [0.1, 0.15) is 5.75 Å². The first-order valence-electron chi connectivity index (χ1n) is 9.21. The first-order chi connectivity index (χ1) is 13.4. The van der Waals surface area contributed by atoms with Crippen LogP contribution in [0.5, 0.6) is 5.75 Å². The molecule has 1 N–H and O–H groups in total. The van der Waals surface area contributed by atoms with E-state index in [4.69, 9.17) is 4.74 Å². The fourth-order valence-electron chi connectivity index (χ4n) is 2.70. The van der Waals surface area contributed by atoms with E-state index in [0.29, 0.717) is 17.0 Å². The number of amides is 2. The summed E-state index contributed by atoms with van der Waals surface area (Å²) < 4.78 is 7.22. The Balaban J connectivity index is 1.99. The molecular formula is C21H24Br2N2O3. The minimum absolute atomic E-state index is 0.0187. The van der Waals surface area contributed by atoms with Gasteiger partial charge in [0.15, 0.2) is 6.61 Å². The summed E-state index contributed by atoms with van der Waals surface area (Å²) in [6, 6.07) is 12.5. The molecule has 7 heteroatoms. The van der Waals surface area contributed by atoms with Crippen LogP contribution in [0.1, 0.15) is 37.0 Å². The number of halogens is 2. The summed E-state index contributed by atoms with van der Waals surface area (Å²) in [6.45, 7) is 5.42. The molecule has 5 nitrogen and oxygen atoms in total. The number of carbonyl (C=O) groups excluding carboxylic acids is 2. The second-order valence-electron chi connectivity index (χ2n) is 6.28. The normalized spacial score (nSPS) is 10.4. The molecule has 2 aromatic rings. The van der Waals surface area contributed by atoms with Crippen LogP contribution < -0.4 is 10.1 Å². The third-order valence-corrected chi connectivity index (χ3v) is 5.03. The fraction of sp³-hybridized carbons (Fsp3) is 0.333. The largest absolute Gasteiger partial charge is 0.483 e. The van der Waals surface area contributed by atoms with Crippen molar-refractivity contribution in [2.24, 2.45) is 0 Å². The Morgan fingerprint density at radius 2 is 1.75 bits per heavy atom. The summed E-state index contributed by atoms with van der Waals surface area (Å²) in [7, 11) is 0. The smallest absolute Gasteiger partial charge is 0.262 e. The molecule has 0 heterocycles. The number of rotatable bonds is 9. The molecule has 0 aliphatic rings. The van der Waals surface area contributed by atoms with Gasteiger partial charge in [-0.3, -0.25) is 9.59 Å². The summed E-state index contributed by atoms with van der Waals surface area (Å²) in [4.78, 5) is 26.8. The number of hydrogen-bond donors (Lipinski definition) is 1. The molecule has 0 spiro atoms. The lowest BCUT2D eigenvalue weighted by Crippen LogP contribution is -2.32. The van der Waals surface area contributed by atoms with E-state index in [1.54, 1.807) is 30.3 Å². The van der Waals surface area contributed by atoms with Gasteiger partial charge in [-0.1, -0.05) is 35.8 Å². The van der Waals surface area contributed by atoms with Crippen LogP contribution in [0, 0.1) is 0 Å². The highest BCUT2D eigenvalue weighted by atomic mass is 79.9. The third-order valence-electron chi connectivity index (χ3n) is 3.92. The predicted molar refractivity (Wildman–Crippen MR) is 119 cm³/mol. The van der Waals surface area contributed by atoms with E-state index in [0.717, 1.165) is 34.9 Å². The Labute approximate surface area is 182 Å². The summed E-state index contributed by atoms with van der Waals surface area (Å²) in [6.07, 6.45) is 1.82. The van der Waals surface area contributed by atoms with Gasteiger partial charge >= 0.3 is 0 Å². The van der Waals surface area contributed by atoms with Crippen LogP contribution in [0.15, 0.2) is 51.4 Å². The van der Waals surface area contributed by atoms with Crippen molar-refractivity contribution in [3.8, 4) is 5.75 Å². The SMILES string of the molecule is CCCN(CCC)C(=O)c1cccc(NC(=O)COc2ccc(Br)cc2Br)c1. The molecule has 2 rings (SSSR count). The molecular weight excluding hydrogens is 488 g/mol. The Morgan fingerprint density at radius 1 is 1.04 bits per heavy atom. The molecule has 28 heavy (non-hydrogen) atoms. The first-order valence-corrected chi connectivity index (χ1v) is 10.8. The van der Waals surface area contributed by atoms with Crippen molar-refractivity contribution in [2.45, 2.75) is 26.7 Å². The molecule has 0 radical (unpaired) electrons. The number of ether oxygens (including phenoxy) is 1. The van der Waals surface area contributed by atoms with Crippen LogP contribution in [-0.4, -0.2) is 36.4 Å².